The summed E-state index contributed by atoms with van der Waals surface area (Å²) in [5.74, 6) is 2.03. The lowest BCUT2D eigenvalue weighted by atomic mass is 9.89. The minimum Gasteiger partial charge on any atom is -0.486 e. The fourth-order valence-electron chi connectivity index (χ4n) is 5.54. The minimum absolute atomic E-state index is 0. The quantitative estimate of drug-likeness (QED) is 0.601. The van der Waals surface area contributed by atoms with Gasteiger partial charge in [-0.1, -0.05) is 18.2 Å². The van der Waals surface area contributed by atoms with Crippen molar-refractivity contribution in [3.8, 4) is 11.5 Å². The van der Waals surface area contributed by atoms with Crippen molar-refractivity contribution in [2.75, 3.05) is 32.8 Å². The van der Waals surface area contributed by atoms with Gasteiger partial charge in [-0.05, 0) is 49.4 Å². The molecule has 1 aromatic carbocycles. The number of nitrogens with zero attached hydrogens (tertiary/aromatic N) is 3. The summed E-state index contributed by atoms with van der Waals surface area (Å²) in [6.45, 7) is 6.02. The number of nitrogens with one attached hydrogen (secondary N) is 1. The lowest BCUT2D eigenvalue weighted by molar-refractivity contribution is 0.170. The summed E-state index contributed by atoms with van der Waals surface area (Å²) in [6, 6.07) is 12.6. The number of benzene rings is 1. The maximum atomic E-state index is 12.3. The van der Waals surface area contributed by atoms with Gasteiger partial charge in [0.2, 0.25) is 0 Å². The van der Waals surface area contributed by atoms with E-state index in [0.29, 0.717) is 25.2 Å². The summed E-state index contributed by atoms with van der Waals surface area (Å²) in [5, 5.41) is 4.85. The molecule has 1 N–H and O–H groups in total. The van der Waals surface area contributed by atoms with E-state index in [9.17, 15) is 4.79 Å². The summed E-state index contributed by atoms with van der Waals surface area (Å²) in [5.41, 5.74) is 3.59. The van der Waals surface area contributed by atoms with Gasteiger partial charge in [-0.3, -0.25) is 9.78 Å². The van der Waals surface area contributed by atoms with Crippen LogP contribution in [-0.4, -0.2) is 53.3 Å². The van der Waals surface area contributed by atoms with E-state index in [1.54, 1.807) is 12.3 Å². The van der Waals surface area contributed by atoms with Gasteiger partial charge in [0, 0.05) is 43.7 Å². The normalized spacial score (nSPS) is 20.2. The van der Waals surface area contributed by atoms with Gasteiger partial charge in [0.05, 0.1) is 17.4 Å². The molecule has 3 aliphatic rings. The van der Waals surface area contributed by atoms with Crippen molar-refractivity contribution in [2.24, 2.45) is 0 Å². The van der Waals surface area contributed by atoms with Crippen LogP contribution in [0.15, 0.2) is 47.4 Å². The van der Waals surface area contributed by atoms with Crippen LogP contribution in [0.5, 0.6) is 11.5 Å². The molecule has 0 spiro atoms. The van der Waals surface area contributed by atoms with Crippen molar-refractivity contribution in [1.29, 1.82) is 0 Å². The predicted octanol–water partition coefficient (Wildman–Crippen LogP) is 3.33. The molecular weight excluding hydrogens is 452 g/mol. The second kappa shape index (κ2) is 9.94. The lowest BCUT2D eigenvalue weighted by Gasteiger charge is -2.36. The van der Waals surface area contributed by atoms with Crippen molar-refractivity contribution >= 4 is 23.3 Å². The van der Waals surface area contributed by atoms with Crippen LogP contribution in [0, 0.1) is 0 Å². The predicted molar refractivity (Wildman–Crippen MR) is 134 cm³/mol. The SMILES string of the molecule is Cl.O=c1ccc2cccc3c2n1CCC3CN1CCC(NCc2cc3c(cn2)OCCO3)CC1. The zero-order valence-electron chi connectivity index (χ0n) is 19.2. The van der Waals surface area contributed by atoms with Gasteiger partial charge in [-0.15, -0.1) is 12.4 Å². The molecule has 34 heavy (non-hydrogen) atoms. The minimum atomic E-state index is 0. The number of likely N-dealkylation sites (tertiary alicyclic amines) is 1. The first kappa shape index (κ1) is 23.1. The number of aryl methyl sites for hydroxylation is 1. The Balaban J connectivity index is 0.00000241. The zero-order chi connectivity index (χ0) is 22.2. The van der Waals surface area contributed by atoms with E-state index in [1.165, 1.54) is 10.9 Å². The third-order valence-corrected chi connectivity index (χ3v) is 7.31. The third-order valence-electron chi connectivity index (χ3n) is 7.31. The highest BCUT2D eigenvalue weighted by Gasteiger charge is 2.26. The lowest BCUT2D eigenvalue weighted by Crippen LogP contribution is -2.44. The van der Waals surface area contributed by atoms with E-state index >= 15 is 0 Å². The van der Waals surface area contributed by atoms with Crippen molar-refractivity contribution in [3.63, 3.8) is 0 Å². The van der Waals surface area contributed by atoms with E-state index in [-0.39, 0.29) is 18.0 Å². The second-order valence-electron chi connectivity index (χ2n) is 9.37. The Hall–Kier alpha value is -2.61. The number of pyridine rings is 2. The number of hydrogen-bond acceptors (Lipinski definition) is 6. The molecule has 3 aromatic rings. The van der Waals surface area contributed by atoms with Crippen molar-refractivity contribution in [1.82, 2.24) is 19.8 Å². The maximum absolute atomic E-state index is 12.3. The Morgan fingerprint density at radius 1 is 1.00 bits per heavy atom. The second-order valence-corrected chi connectivity index (χ2v) is 9.37. The largest absolute Gasteiger partial charge is 0.486 e. The number of para-hydroxylation sites is 1. The highest BCUT2D eigenvalue weighted by Crippen LogP contribution is 2.33. The van der Waals surface area contributed by atoms with Crippen LogP contribution in [0.3, 0.4) is 0 Å². The Labute approximate surface area is 205 Å². The van der Waals surface area contributed by atoms with Crippen molar-refractivity contribution in [3.05, 3.63) is 64.2 Å². The molecule has 1 saturated heterocycles. The highest BCUT2D eigenvalue weighted by molar-refractivity contribution is 5.85. The molecule has 6 rings (SSSR count). The summed E-state index contributed by atoms with van der Waals surface area (Å²) in [7, 11) is 0. The number of aromatic nitrogens is 2. The average molecular weight is 483 g/mol. The van der Waals surface area contributed by atoms with Crippen LogP contribution < -0.4 is 20.3 Å². The summed E-state index contributed by atoms with van der Waals surface area (Å²) in [6.07, 6.45) is 5.07. The third kappa shape index (κ3) is 4.52. The molecule has 0 amide bonds. The average Bonchev–Trinajstić information content (AvgIpc) is 2.86. The van der Waals surface area contributed by atoms with Crippen LogP contribution in [0.1, 0.15) is 36.4 Å². The summed E-state index contributed by atoms with van der Waals surface area (Å²) in [4.78, 5) is 19.5. The number of fused-ring (bicyclic) bond motifs is 1. The van der Waals surface area contributed by atoms with Gasteiger partial charge in [-0.25, -0.2) is 0 Å². The number of halogens is 1. The summed E-state index contributed by atoms with van der Waals surface area (Å²) >= 11 is 0. The van der Waals surface area contributed by atoms with Crippen molar-refractivity contribution < 1.29 is 9.47 Å². The van der Waals surface area contributed by atoms with E-state index in [1.807, 2.05) is 16.7 Å². The van der Waals surface area contributed by atoms with Gasteiger partial charge in [0.15, 0.2) is 11.5 Å². The molecule has 3 aliphatic heterocycles. The molecule has 0 aliphatic carbocycles. The molecule has 180 valence electrons. The number of hydrogen-bond donors (Lipinski definition) is 1. The van der Waals surface area contributed by atoms with E-state index in [0.717, 1.165) is 74.7 Å². The molecule has 2 aromatic heterocycles. The summed E-state index contributed by atoms with van der Waals surface area (Å²) < 4.78 is 13.2. The Bertz CT molecular complexity index is 1220. The molecular formula is C26H31ClN4O3. The van der Waals surface area contributed by atoms with Crippen LogP contribution in [0.2, 0.25) is 0 Å². The molecule has 0 bridgehead atoms. The first-order valence-electron chi connectivity index (χ1n) is 12.1. The van der Waals surface area contributed by atoms with Crippen LogP contribution in [0.25, 0.3) is 10.9 Å². The van der Waals surface area contributed by atoms with Gasteiger partial charge >= 0.3 is 0 Å². The fourth-order valence-corrected chi connectivity index (χ4v) is 5.54. The fraction of sp³-hybridized carbons (Fsp3) is 0.462. The Kier molecular flexibility index (Phi) is 6.77. The standard InChI is InChI=1S/C26H30N4O3.ClH/c31-25-5-4-18-2-1-3-22-19(6-11-30(25)26(18)22)17-29-9-7-20(8-10-29)27-15-21-14-23-24(16-28-21)33-13-12-32-23;/h1-5,14,16,19-20,27H,6-13,15,17H2;1H. The number of rotatable bonds is 5. The van der Waals surface area contributed by atoms with Gasteiger partial charge in [0.1, 0.15) is 13.2 Å². The van der Waals surface area contributed by atoms with Gasteiger partial charge < -0.3 is 24.3 Å². The smallest absolute Gasteiger partial charge is 0.251 e. The van der Waals surface area contributed by atoms with Crippen LogP contribution in [0.4, 0.5) is 0 Å². The molecule has 1 fully saturated rings. The first-order chi connectivity index (χ1) is 16.2. The van der Waals surface area contributed by atoms with E-state index in [4.69, 9.17) is 9.47 Å². The Morgan fingerprint density at radius 2 is 1.82 bits per heavy atom. The maximum Gasteiger partial charge on any atom is 0.251 e. The number of piperidine rings is 1. The first-order valence-corrected chi connectivity index (χ1v) is 12.1. The van der Waals surface area contributed by atoms with E-state index < -0.39 is 0 Å². The molecule has 8 heteroatoms. The van der Waals surface area contributed by atoms with Crippen LogP contribution in [-0.2, 0) is 13.1 Å². The molecule has 0 saturated carbocycles. The van der Waals surface area contributed by atoms with Gasteiger partial charge in [0.25, 0.3) is 5.56 Å². The monoisotopic (exact) mass is 482 g/mol. The topological polar surface area (TPSA) is 68.6 Å². The molecule has 1 atom stereocenters. The molecule has 1 unspecified atom stereocenters. The molecule has 0 radical (unpaired) electrons. The zero-order valence-corrected chi connectivity index (χ0v) is 20.1. The van der Waals surface area contributed by atoms with Crippen molar-refractivity contribution in [2.45, 2.75) is 44.3 Å². The number of ether oxygens (including phenoxy) is 2. The highest BCUT2D eigenvalue weighted by atomic mass is 35.5. The van der Waals surface area contributed by atoms with Crippen LogP contribution >= 0.6 is 12.4 Å². The Morgan fingerprint density at radius 3 is 2.68 bits per heavy atom. The molecule has 5 heterocycles. The van der Waals surface area contributed by atoms with Gasteiger partial charge in [-0.2, -0.15) is 0 Å². The molecule has 7 nitrogen and oxygen atoms in total. The van der Waals surface area contributed by atoms with E-state index in [2.05, 4.69) is 33.4 Å².